The van der Waals surface area contributed by atoms with Crippen LogP contribution in [0.15, 0.2) is 24.3 Å². The van der Waals surface area contributed by atoms with Gasteiger partial charge in [-0.15, -0.1) is 0 Å². The number of nitrogens with two attached hydrogens (primary N) is 1. The van der Waals surface area contributed by atoms with Crippen molar-refractivity contribution in [3.63, 3.8) is 0 Å². The van der Waals surface area contributed by atoms with Crippen molar-refractivity contribution in [2.75, 3.05) is 24.1 Å². The van der Waals surface area contributed by atoms with Gasteiger partial charge < -0.3 is 11.1 Å². The molecular formula is C15H18FN7. The van der Waals surface area contributed by atoms with Gasteiger partial charge in [0.25, 0.3) is 0 Å². The summed E-state index contributed by atoms with van der Waals surface area (Å²) < 4.78 is 12.9. The zero-order chi connectivity index (χ0) is 16.7. The van der Waals surface area contributed by atoms with Crippen LogP contribution in [0.25, 0.3) is 0 Å². The lowest BCUT2D eigenvalue weighted by molar-refractivity contribution is 0.279. The fourth-order valence-corrected chi connectivity index (χ4v) is 1.98. The Bertz CT molecular complexity index is 681. The number of hydrogen-bond acceptors (Lipinski definition) is 7. The van der Waals surface area contributed by atoms with Gasteiger partial charge in [-0.3, -0.25) is 4.90 Å². The highest BCUT2D eigenvalue weighted by molar-refractivity contribution is 5.53. The van der Waals surface area contributed by atoms with Gasteiger partial charge in [0.2, 0.25) is 11.9 Å². The molecule has 0 fully saturated rings. The minimum absolute atomic E-state index is 0.107. The van der Waals surface area contributed by atoms with E-state index < -0.39 is 0 Å². The second-order valence-corrected chi connectivity index (χ2v) is 4.84. The molecule has 0 saturated carbocycles. The fraction of sp³-hybridized carbons (Fsp3) is 0.333. The summed E-state index contributed by atoms with van der Waals surface area (Å²) in [6, 6.07) is 7.97. The Morgan fingerprint density at radius 2 is 2.00 bits per heavy atom. The van der Waals surface area contributed by atoms with Crippen LogP contribution in [0, 0.1) is 17.1 Å². The van der Waals surface area contributed by atoms with Gasteiger partial charge in [0.05, 0.1) is 12.6 Å². The summed E-state index contributed by atoms with van der Waals surface area (Å²) in [4.78, 5) is 14.5. The van der Waals surface area contributed by atoms with Gasteiger partial charge in [-0.2, -0.15) is 20.2 Å². The summed E-state index contributed by atoms with van der Waals surface area (Å²) in [7, 11) is 0. The second-order valence-electron chi connectivity index (χ2n) is 4.84. The number of nitrogens with one attached hydrogen (secondary N) is 1. The van der Waals surface area contributed by atoms with E-state index >= 15 is 0 Å². The topological polar surface area (TPSA) is 104 Å². The van der Waals surface area contributed by atoms with Gasteiger partial charge in [0, 0.05) is 18.7 Å². The standard InChI is InChI=1S/C15H18FN7/c1-2-23(9-3-8-17)10-13-20-14(18)22-15(21-13)19-12-6-4-11(16)5-7-12/h4-7H,2-3,9-10H2,1H3,(H3,18,19,20,21,22). The van der Waals surface area contributed by atoms with E-state index in [4.69, 9.17) is 11.0 Å². The summed E-state index contributed by atoms with van der Waals surface area (Å²) >= 11 is 0. The summed E-state index contributed by atoms with van der Waals surface area (Å²) in [5.41, 5.74) is 6.37. The van der Waals surface area contributed by atoms with Gasteiger partial charge in [-0.1, -0.05) is 6.92 Å². The van der Waals surface area contributed by atoms with Crippen molar-refractivity contribution in [1.82, 2.24) is 19.9 Å². The minimum atomic E-state index is -0.317. The average molecular weight is 315 g/mol. The minimum Gasteiger partial charge on any atom is -0.368 e. The number of hydrogen-bond donors (Lipinski definition) is 2. The molecule has 0 atom stereocenters. The highest BCUT2D eigenvalue weighted by atomic mass is 19.1. The van der Waals surface area contributed by atoms with E-state index in [1.165, 1.54) is 12.1 Å². The summed E-state index contributed by atoms with van der Waals surface area (Å²) in [6.07, 6.45) is 0.440. The molecule has 0 aliphatic heterocycles. The fourth-order valence-electron chi connectivity index (χ4n) is 1.98. The quantitative estimate of drug-likeness (QED) is 0.806. The number of aromatic nitrogens is 3. The smallest absolute Gasteiger partial charge is 0.232 e. The number of halogens is 1. The van der Waals surface area contributed by atoms with Crippen LogP contribution >= 0.6 is 0 Å². The monoisotopic (exact) mass is 315 g/mol. The Kier molecular flexibility index (Phi) is 5.77. The Labute approximate surface area is 134 Å². The summed E-state index contributed by atoms with van der Waals surface area (Å²) in [6.45, 7) is 3.88. The van der Waals surface area contributed by atoms with Crippen molar-refractivity contribution in [3.05, 3.63) is 35.9 Å². The number of benzene rings is 1. The molecule has 7 nitrogen and oxygen atoms in total. The third-order valence-corrected chi connectivity index (χ3v) is 3.15. The number of rotatable bonds is 7. The molecule has 0 aliphatic carbocycles. The normalized spacial score (nSPS) is 10.5. The maximum Gasteiger partial charge on any atom is 0.232 e. The first-order valence-electron chi connectivity index (χ1n) is 7.23. The molecule has 0 aliphatic rings. The van der Waals surface area contributed by atoms with Crippen LogP contribution in [-0.2, 0) is 6.54 Å². The number of nitrogen functional groups attached to an aromatic ring is 1. The molecule has 1 aromatic carbocycles. The van der Waals surface area contributed by atoms with Crippen LogP contribution in [0.3, 0.4) is 0 Å². The molecule has 0 saturated heterocycles. The van der Waals surface area contributed by atoms with E-state index in [0.29, 0.717) is 37.0 Å². The summed E-state index contributed by atoms with van der Waals surface area (Å²) in [5.74, 6) is 0.607. The predicted octanol–water partition coefficient (Wildman–Crippen LogP) is 2.07. The second kappa shape index (κ2) is 8.00. The first-order chi connectivity index (χ1) is 11.1. The molecule has 23 heavy (non-hydrogen) atoms. The first kappa shape index (κ1) is 16.6. The van der Waals surface area contributed by atoms with E-state index in [2.05, 4.69) is 26.3 Å². The maximum atomic E-state index is 12.9. The first-order valence-corrected chi connectivity index (χ1v) is 7.23. The van der Waals surface area contributed by atoms with Crippen molar-refractivity contribution in [3.8, 4) is 6.07 Å². The molecule has 2 rings (SSSR count). The number of nitriles is 1. The highest BCUT2D eigenvalue weighted by Crippen LogP contribution is 2.14. The molecular weight excluding hydrogens is 297 g/mol. The maximum absolute atomic E-state index is 12.9. The van der Waals surface area contributed by atoms with Gasteiger partial charge in [0.15, 0.2) is 0 Å². The van der Waals surface area contributed by atoms with E-state index in [0.717, 1.165) is 6.54 Å². The molecule has 0 spiro atoms. The van der Waals surface area contributed by atoms with Gasteiger partial charge in [-0.25, -0.2) is 4.39 Å². The lowest BCUT2D eigenvalue weighted by Crippen LogP contribution is -2.25. The van der Waals surface area contributed by atoms with E-state index in [1.807, 2.05) is 11.8 Å². The molecule has 8 heteroatoms. The van der Waals surface area contributed by atoms with Crippen molar-refractivity contribution < 1.29 is 4.39 Å². The Balaban J connectivity index is 2.11. The molecule has 2 aromatic rings. The van der Waals surface area contributed by atoms with Crippen molar-refractivity contribution in [2.24, 2.45) is 0 Å². The molecule has 0 radical (unpaired) electrons. The lowest BCUT2D eigenvalue weighted by atomic mass is 10.3. The van der Waals surface area contributed by atoms with Gasteiger partial charge in [-0.05, 0) is 30.8 Å². The average Bonchev–Trinajstić information content (AvgIpc) is 2.53. The van der Waals surface area contributed by atoms with E-state index in [9.17, 15) is 4.39 Å². The van der Waals surface area contributed by atoms with Crippen molar-refractivity contribution in [1.29, 1.82) is 5.26 Å². The zero-order valence-corrected chi connectivity index (χ0v) is 12.8. The predicted molar refractivity (Wildman–Crippen MR) is 85.1 cm³/mol. The number of nitrogens with zero attached hydrogens (tertiary/aromatic N) is 5. The lowest BCUT2D eigenvalue weighted by Gasteiger charge is -2.18. The number of anilines is 3. The highest BCUT2D eigenvalue weighted by Gasteiger charge is 2.09. The molecule has 0 unspecified atom stereocenters. The largest absolute Gasteiger partial charge is 0.368 e. The van der Waals surface area contributed by atoms with Crippen LogP contribution in [0.1, 0.15) is 19.2 Å². The Morgan fingerprint density at radius 1 is 1.26 bits per heavy atom. The molecule has 0 bridgehead atoms. The van der Waals surface area contributed by atoms with Crippen LogP contribution in [0.2, 0.25) is 0 Å². The van der Waals surface area contributed by atoms with E-state index in [-0.39, 0.29) is 11.8 Å². The van der Waals surface area contributed by atoms with Gasteiger partial charge >= 0.3 is 0 Å². The van der Waals surface area contributed by atoms with Crippen molar-refractivity contribution in [2.45, 2.75) is 19.9 Å². The molecule has 1 heterocycles. The van der Waals surface area contributed by atoms with Crippen LogP contribution in [0.5, 0.6) is 0 Å². The molecule has 120 valence electrons. The van der Waals surface area contributed by atoms with Crippen LogP contribution in [0.4, 0.5) is 22.0 Å². The van der Waals surface area contributed by atoms with Crippen molar-refractivity contribution >= 4 is 17.6 Å². The Hall–Kier alpha value is -2.79. The summed E-state index contributed by atoms with van der Waals surface area (Å²) in [5, 5.41) is 11.6. The van der Waals surface area contributed by atoms with Gasteiger partial charge in [0.1, 0.15) is 11.6 Å². The molecule has 3 N–H and O–H groups in total. The SMILES string of the molecule is CCN(CCC#N)Cc1nc(N)nc(Nc2ccc(F)cc2)n1. The van der Waals surface area contributed by atoms with Crippen LogP contribution < -0.4 is 11.1 Å². The molecule has 0 amide bonds. The third kappa shape index (κ3) is 5.16. The molecule has 1 aromatic heterocycles. The van der Waals surface area contributed by atoms with Crippen LogP contribution in [-0.4, -0.2) is 32.9 Å². The Morgan fingerprint density at radius 3 is 2.65 bits per heavy atom. The third-order valence-electron chi connectivity index (χ3n) is 3.15. The zero-order valence-electron chi connectivity index (χ0n) is 12.8. The van der Waals surface area contributed by atoms with E-state index in [1.54, 1.807) is 12.1 Å².